The average Bonchev–Trinajstić information content (AvgIpc) is 3.21. The van der Waals surface area contributed by atoms with Gasteiger partial charge in [-0.25, -0.2) is 4.98 Å². The third-order valence-electron chi connectivity index (χ3n) is 4.30. The normalized spacial score (nSPS) is 10.8. The van der Waals surface area contributed by atoms with Crippen LogP contribution >= 0.6 is 11.3 Å². The van der Waals surface area contributed by atoms with Crippen molar-refractivity contribution in [3.05, 3.63) is 65.2 Å². The van der Waals surface area contributed by atoms with Crippen molar-refractivity contribution in [2.45, 2.75) is 13.3 Å². The fourth-order valence-corrected chi connectivity index (χ4v) is 3.36. The fourth-order valence-electron chi connectivity index (χ4n) is 2.70. The van der Waals surface area contributed by atoms with Gasteiger partial charge in [0, 0.05) is 23.8 Å². The van der Waals surface area contributed by atoms with E-state index in [1.54, 1.807) is 20.2 Å². The molecule has 0 aliphatic carbocycles. The van der Waals surface area contributed by atoms with Gasteiger partial charge in [-0.3, -0.25) is 10.2 Å². The molecule has 1 heterocycles. The van der Waals surface area contributed by atoms with Crippen molar-refractivity contribution in [2.24, 2.45) is 5.10 Å². The lowest BCUT2D eigenvalue weighted by molar-refractivity contribution is -0.142. The predicted octanol–water partition coefficient (Wildman–Crippen LogP) is 4.47. The number of anilines is 3. The Bertz CT molecular complexity index is 984. The van der Waals surface area contributed by atoms with E-state index in [2.05, 4.69) is 20.4 Å². The van der Waals surface area contributed by atoms with Crippen molar-refractivity contribution in [2.75, 3.05) is 31.1 Å². The van der Waals surface area contributed by atoms with Gasteiger partial charge < -0.3 is 14.4 Å². The van der Waals surface area contributed by atoms with Crippen LogP contribution in [0.4, 0.5) is 16.5 Å². The first-order chi connectivity index (χ1) is 14.6. The second-order valence-corrected chi connectivity index (χ2v) is 7.20. The van der Waals surface area contributed by atoms with Crippen molar-refractivity contribution in [1.29, 1.82) is 0 Å². The molecule has 156 valence electrons. The van der Waals surface area contributed by atoms with Crippen LogP contribution in [-0.2, 0) is 16.0 Å². The summed E-state index contributed by atoms with van der Waals surface area (Å²) < 4.78 is 10.1. The van der Waals surface area contributed by atoms with E-state index in [1.807, 2.05) is 61.0 Å². The van der Waals surface area contributed by atoms with Crippen LogP contribution in [0.3, 0.4) is 0 Å². The van der Waals surface area contributed by atoms with Crippen LogP contribution in [0.25, 0.3) is 0 Å². The number of hydrogen-bond acceptors (Lipinski definition) is 8. The smallest absolute Gasteiger partial charge is 0.311 e. The Morgan fingerprint density at radius 2 is 1.83 bits per heavy atom. The molecular weight excluding hydrogens is 400 g/mol. The van der Waals surface area contributed by atoms with Gasteiger partial charge in [0.25, 0.3) is 0 Å². The number of esters is 1. The molecule has 0 bridgehead atoms. The molecule has 0 unspecified atom stereocenters. The summed E-state index contributed by atoms with van der Waals surface area (Å²) in [6.45, 7) is 2.15. The Hall–Kier alpha value is -3.39. The average molecular weight is 425 g/mol. The molecule has 3 rings (SSSR count). The molecule has 0 aliphatic rings. The molecule has 0 atom stereocenters. The monoisotopic (exact) mass is 424 g/mol. The summed E-state index contributed by atoms with van der Waals surface area (Å²) in [5, 5.41) is 6.67. The summed E-state index contributed by atoms with van der Waals surface area (Å²) in [6, 6.07) is 16.0. The van der Waals surface area contributed by atoms with E-state index in [0.29, 0.717) is 17.4 Å². The van der Waals surface area contributed by atoms with E-state index in [-0.39, 0.29) is 12.4 Å². The first-order valence-electron chi connectivity index (χ1n) is 9.46. The van der Waals surface area contributed by atoms with Crippen molar-refractivity contribution in [1.82, 2.24) is 4.98 Å². The largest absolute Gasteiger partial charge is 0.497 e. The number of carbonyl (C=O) groups excluding carboxylic acids is 1. The molecule has 1 N–H and O–H groups in total. The standard InChI is InChI=1S/C22H24N4O3S/c1-4-29-21(27)13-17-15-30-22(24-17)25-23-14-16-5-7-18(8-6-16)26(2)19-9-11-20(28-3)12-10-19/h5-12,14-15H,4,13H2,1-3H3,(H,24,25). The lowest BCUT2D eigenvalue weighted by atomic mass is 10.2. The number of aromatic nitrogens is 1. The molecule has 0 radical (unpaired) electrons. The van der Waals surface area contributed by atoms with Crippen LogP contribution < -0.4 is 15.1 Å². The van der Waals surface area contributed by atoms with E-state index in [0.717, 1.165) is 22.7 Å². The molecule has 0 spiro atoms. The molecule has 1 aromatic heterocycles. The number of rotatable bonds is 9. The second kappa shape index (κ2) is 10.4. The van der Waals surface area contributed by atoms with Gasteiger partial charge in [0.05, 0.1) is 32.0 Å². The minimum Gasteiger partial charge on any atom is -0.497 e. The van der Waals surface area contributed by atoms with Crippen molar-refractivity contribution in [3.63, 3.8) is 0 Å². The zero-order valence-corrected chi connectivity index (χ0v) is 18.0. The molecule has 3 aromatic rings. The maximum absolute atomic E-state index is 11.5. The highest BCUT2D eigenvalue weighted by Crippen LogP contribution is 2.25. The van der Waals surface area contributed by atoms with Crippen LogP contribution in [0, 0.1) is 0 Å². The van der Waals surface area contributed by atoms with Gasteiger partial charge in [-0.2, -0.15) is 5.10 Å². The summed E-state index contributed by atoms with van der Waals surface area (Å²) in [6.07, 6.45) is 1.89. The molecular formula is C22H24N4O3S. The van der Waals surface area contributed by atoms with E-state index >= 15 is 0 Å². The topological polar surface area (TPSA) is 76.0 Å². The third kappa shape index (κ3) is 5.81. The van der Waals surface area contributed by atoms with Crippen molar-refractivity contribution < 1.29 is 14.3 Å². The maximum Gasteiger partial charge on any atom is 0.311 e. The molecule has 0 saturated carbocycles. The molecule has 8 heteroatoms. The molecule has 0 fully saturated rings. The minimum absolute atomic E-state index is 0.166. The molecule has 30 heavy (non-hydrogen) atoms. The fraction of sp³-hybridized carbons (Fsp3) is 0.227. The molecule has 2 aromatic carbocycles. The zero-order chi connectivity index (χ0) is 21.3. The summed E-state index contributed by atoms with van der Waals surface area (Å²) >= 11 is 1.39. The molecule has 7 nitrogen and oxygen atoms in total. The van der Waals surface area contributed by atoms with Crippen LogP contribution in [0.1, 0.15) is 18.2 Å². The highest BCUT2D eigenvalue weighted by atomic mass is 32.1. The summed E-state index contributed by atoms with van der Waals surface area (Å²) in [4.78, 5) is 17.9. The molecule has 0 aliphatic heterocycles. The van der Waals surface area contributed by atoms with Gasteiger partial charge in [0.2, 0.25) is 5.13 Å². The Morgan fingerprint density at radius 3 is 2.47 bits per heavy atom. The number of hydrazone groups is 1. The summed E-state index contributed by atoms with van der Waals surface area (Å²) in [7, 11) is 3.67. The van der Waals surface area contributed by atoms with Gasteiger partial charge in [-0.05, 0) is 48.9 Å². The first kappa shape index (κ1) is 21.3. The number of ether oxygens (including phenoxy) is 2. The number of nitrogens with zero attached hydrogens (tertiary/aromatic N) is 3. The molecule has 0 amide bonds. The third-order valence-corrected chi connectivity index (χ3v) is 5.09. The van der Waals surface area contributed by atoms with Gasteiger partial charge in [0.15, 0.2) is 0 Å². The number of nitrogens with one attached hydrogen (secondary N) is 1. The van der Waals surface area contributed by atoms with Crippen LogP contribution in [0.5, 0.6) is 5.75 Å². The van der Waals surface area contributed by atoms with Crippen LogP contribution in [-0.4, -0.2) is 37.9 Å². The number of thiazole rings is 1. The quantitative estimate of drug-likeness (QED) is 0.310. The maximum atomic E-state index is 11.5. The van der Waals surface area contributed by atoms with Gasteiger partial charge in [-0.1, -0.05) is 12.1 Å². The Balaban J connectivity index is 1.55. The van der Waals surface area contributed by atoms with Crippen LogP contribution in [0.2, 0.25) is 0 Å². The first-order valence-corrected chi connectivity index (χ1v) is 10.3. The predicted molar refractivity (Wildman–Crippen MR) is 121 cm³/mol. The summed E-state index contributed by atoms with van der Waals surface area (Å²) in [5.74, 6) is 0.553. The van der Waals surface area contributed by atoms with Crippen molar-refractivity contribution in [3.8, 4) is 5.75 Å². The SMILES string of the molecule is CCOC(=O)Cc1csc(NN=Cc2ccc(N(C)c3ccc(OC)cc3)cc2)n1. The van der Waals surface area contributed by atoms with Gasteiger partial charge in [0.1, 0.15) is 5.75 Å². The van der Waals surface area contributed by atoms with E-state index in [9.17, 15) is 4.79 Å². The Labute approximate surface area is 180 Å². The van der Waals surface area contributed by atoms with Gasteiger partial charge >= 0.3 is 5.97 Å². The number of methoxy groups -OCH3 is 1. The Kier molecular flexibility index (Phi) is 7.40. The summed E-state index contributed by atoms with van der Waals surface area (Å²) in [5.41, 5.74) is 6.65. The zero-order valence-electron chi connectivity index (χ0n) is 17.2. The highest BCUT2D eigenvalue weighted by Gasteiger charge is 2.08. The lowest BCUT2D eigenvalue weighted by Gasteiger charge is -2.19. The number of benzene rings is 2. The second-order valence-electron chi connectivity index (χ2n) is 6.34. The number of hydrogen-bond donors (Lipinski definition) is 1. The minimum atomic E-state index is -0.280. The van der Waals surface area contributed by atoms with Crippen molar-refractivity contribution >= 4 is 40.0 Å². The van der Waals surface area contributed by atoms with E-state index in [4.69, 9.17) is 9.47 Å². The lowest BCUT2D eigenvalue weighted by Crippen LogP contribution is -2.09. The highest BCUT2D eigenvalue weighted by molar-refractivity contribution is 7.13. The van der Waals surface area contributed by atoms with Crippen LogP contribution in [0.15, 0.2) is 59.0 Å². The van der Waals surface area contributed by atoms with Gasteiger partial charge in [-0.15, -0.1) is 11.3 Å². The number of carbonyl (C=O) groups is 1. The Morgan fingerprint density at radius 1 is 1.17 bits per heavy atom. The van der Waals surface area contributed by atoms with E-state index in [1.165, 1.54) is 11.3 Å². The van der Waals surface area contributed by atoms with E-state index < -0.39 is 0 Å². The molecule has 0 saturated heterocycles.